The van der Waals surface area contributed by atoms with E-state index < -0.39 is 10.0 Å². The minimum Gasteiger partial charge on any atom is -0.326 e. The van der Waals surface area contributed by atoms with Gasteiger partial charge in [-0.2, -0.15) is 0 Å². The van der Waals surface area contributed by atoms with E-state index in [0.29, 0.717) is 42.7 Å². The van der Waals surface area contributed by atoms with Gasteiger partial charge in [0.2, 0.25) is 15.9 Å². The van der Waals surface area contributed by atoms with E-state index in [2.05, 4.69) is 42.0 Å². The van der Waals surface area contributed by atoms with E-state index >= 15 is 0 Å². The van der Waals surface area contributed by atoms with Gasteiger partial charge in [-0.15, -0.1) is 0 Å². The number of hydrogen-bond acceptors (Lipinski definition) is 4. The minimum absolute atomic E-state index is 0.00537. The lowest BCUT2D eigenvalue weighted by molar-refractivity contribution is -0.120. The molecule has 0 aliphatic carbocycles. The van der Waals surface area contributed by atoms with Crippen molar-refractivity contribution in [1.82, 2.24) is 4.31 Å². The average molecular weight is 598 g/mol. The summed E-state index contributed by atoms with van der Waals surface area (Å²) in [7, 11) is -3.47. The van der Waals surface area contributed by atoms with Gasteiger partial charge >= 0.3 is 0 Å². The highest BCUT2D eigenvalue weighted by molar-refractivity contribution is 9.10. The van der Waals surface area contributed by atoms with E-state index in [1.54, 1.807) is 36.4 Å². The topological polar surface area (TPSA) is 83.6 Å². The number of hydrogen-bond donors (Lipinski definition) is 1. The number of carbonyl (C=O) groups is 2. The molecular weight excluding hydrogens is 564 g/mol. The van der Waals surface area contributed by atoms with Gasteiger partial charge in [0.15, 0.2) is 5.78 Å². The van der Waals surface area contributed by atoms with Gasteiger partial charge in [0.1, 0.15) is 0 Å². The third-order valence-corrected chi connectivity index (χ3v) is 9.20. The van der Waals surface area contributed by atoms with Crippen LogP contribution in [0.15, 0.2) is 77.3 Å². The molecule has 4 rings (SSSR count). The van der Waals surface area contributed by atoms with Crippen LogP contribution in [-0.4, -0.2) is 37.5 Å². The zero-order valence-electron chi connectivity index (χ0n) is 21.9. The van der Waals surface area contributed by atoms with E-state index in [9.17, 15) is 18.0 Å². The van der Waals surface area contributed by atoms with Crippen LogP contribution < -0.4 is 5.32 Å². The molecule has 1 N–H and O–H groups in total. The molecule has 0 saturated carbocycles. The predicted octanol–water partition coefficient (Wildman–Crippen LogP) is 6.16. The molecule has 38 heavy (non-hydrogen) atoms. The van der Waals surface area contributed by atoms with Crippen LogP contribution in [0.25, 0.3) is 0 Å². The number of sulfonamides is 1. The average Bonchev–Trinajstić information content (AvgIpc) is 2.88. The Labute approximate surface area is 233 Å². The predicted molar refractivity (Wildman–Crippen MR) is 155 cm³/mol. The first-order chi connectivity index (χ1) is 17.9. The van der Waals surface area contributed by atoms with Gasteiger partial charge in [0.05, 0.1) is 5.75 Å². The van der Waals surface area contributed by atoms with Crippen LogP contribution >= 0.6 is 15.9 Å². The standard InChI is InChI=1S/C30H33BrN2O4S/c1-30(2,3)25-12-10-22(11-13-25)28(34)24-7-5-9-27(19-24)32-29(35)23-14-16-33(17-15-23)38(36,37)20-21-6-4-8-26(31)18-21/h4-13,18-19,23H,14-17,20H2,1-3H3,(H,32,35). The summed E-state index contributed by atoms with van der Waals surface area (Å²) in [6.45, 7) is 6.99. The molecule has 0 aromatic heterocycles. The van der Waals surface area contributed by atoms with E-state index in [4.69, 9.17) is 0 Å². The fourth-order valence-corrected chi connectivity index (χ4v) is 6.59. The molecule has 1 heterocycles. The molecule has 3 aromatic carbocycles. The summed E-state index contributed by atoms with van der Waals surface area (Å²) in [6.07, 6.45) is 0.893. The van der Waals surface area contributed by atoms with Gasteiger partial charge in [0.25, 0.3) is 0 Å². The highest BCUT2D eigenvalue weighted by Gasteiger charge is 2.31. The summed E-state index contributed by atoms with van der Waals surface area (Å²) in [5, 5.41) is 2.92. The number of ketones is 1. The second-order valence-corrected chi connectivity index (χ2v) is 13.7. The second kappa shape index (κ2) is 11.5. The van der Waals surface area contributed by atoms with Crippen LogP contribution in [0.5, 0.6) is 0 Å². The van der Waals surface area contributed by atoms with Gasteiger partial charge in [-0.05, 0) is 53.6 Å². The van der Waals surface area contributed by atoms with Crippen LogP contribution in [0.3, 0.4) is 0 Å². The van der Waals surface area contributed by atoms with Gasteiger partial charge in [-0.25, -0.2) is 12.7 Å². The molecule has 1 saturated heterocycles. The fourth-order valence-electron chi connectivity index (χ4n) is 4.60. The molecule has 0 bridgehead atoms. The highest BCUT2D eigenvalue weighted by atomic mass is 79.9. The molecule has 1 amide bonds. The summed E-state index contributed by atoms with van der Waals surface area (Å²) >= 11 is 3.38. The van der Waals surface area contributed by atoms with Crippen LogP contribution in [-0.2, 0) is 26.0 Å². The molecule has 0 unspecified atom stereocenters. The number of nitrogens with one attached hydrogen (secondary N) is 1. The van der Waals surface area contributed by atoms with Crippen molar-refractivity contribution in [3.8, 4) is 0 Å². The van der Waals surface area contributed by atoms with E-state index in [1.807, 2.05) is 36.4 Å². The maximum atomic E-state index is 13.0. The van der Waals surface area contributed by atoms with Crippen molar-refractivity contribution in [2.45, 2.75) is 44.8 Å². The first-order valence-electron chi connectivity index (χ1n) is 12.7. The normalized spacial score (nSPS) is 15.3. The van der Waals surface area contributed by atoms with Gasteiger partial charge in [-0.1, -0.05) is 85.2 Å². The molecule has 0 atom stereocenters. The smallest absolute Gasteiger partial charge is 0.227 e. The van der Waals surface area contributed by atoms with E-state index in [1.165, 1.54) is 4.31 Å². The van der Waals surface area contributed by atoms with Crippen LogP contribution in [0.2, 0.25) is 0 Å². The molecule has 0 radical (unpaired) electrons. The Morgan fingerprint density at radius 2 is 1.58 bits per heavy atom. The molecule has 6 nitrogen and oxygen atoms in total. The van der Waals surface area contributed by atoms with Crippen molar-refractivity contribution in [3.63, 3.8) is 0 Å². The molecule has 8 heteroatoms. The van der Waals surface area contributed by atoms with Crippen molar-refractivity contribution >= 4 is 43.3 Å². The first kappa shape index (κ1) is 28.2. The highest BCUT2D eigenvalue weighted by Crippen LogP contribution is 2.26. The Balaban J connectivity index is 1.35. The van der Waals surface area contributed by atoms with Crippen molar-refractivity contribution in [3.05, 3.63) is 99.5 Å². The summed E-state index contributed by atoms with van der Waals surface area (Å²) in [5.74, 6) is -0.626. The lowest BCUT2D eigenvalue weighted by atomic mass is 9.86. The van der Waals surface area contributed by atoms with Gasteiger partial charge in [-0.3, -0.25) is 9.59 Å². The monoisotopic (exact) mass is 596 g/mol. The SMILES string of the molecule is CC(C)(C)c1ccc(C(=O)c2cccc(NC(=O)C3CCN(S(=O)(=O)Cc4cccc(Br)c4)CC3)c2)cc1. The number of carbonyl (C=O) groups excluding carboxylic acids is 2. The summed E-state index contributed by atoms with van der Waals surface area (Å²) < 4.78 is 28.1. The third kappa shape index (κ3) is 6.98. The quantitative estimate of drug-likeness (QED) is 0.331. The fraction of sp³-hybridized carbons (Fsp3) is 0.333. The van der Waals surface area contributed by atoms with E-state index in [-0.39, 0.29) is 28.8 Å². The largest absolute Gasteiger partial charge is 0.326 e. The molecule has 200 valence electrons. The molecular formula is C30H33BrN2O4S. The number of rotatable bonds is 7. The number of amides is 1. The minimum atomic E-state index is -3.47. The Hall–Kier alpha value is -2.81. The number of halogens is 1. The van der Waals surface area contributed by atoms with Crippen molar-refractivity contribution in [2.24, 2.45) is 5.92 Å². The lowest BCUT2D eigenvalue weighted by Crippen LogP contribution is -2.41. The Kier molecular flexibility index (Phi) is 8.55. The summed E-state index contributed by atoms with van der Waals surface area (Å²) in [4.78, 5) is 26.0. The molecule has 0 spiro atoms. The summed E-state index contributed by atoms with van der Waals surface area (Å²) in [6, 6.07) is 21.8. The third-order valence-electron chi connectivity index (χ3n) is 6.86. The second-order valence-electron chi connectivity index (χ2n) is 10.8. The van der Waals surface area contributed by atoms with Crippen LogP contribution in [0, 0.1) is 5.92 Å². The lowest BCUT2D eigenvalue weighted by Gasteiger charge is -2.30. The van der Waals surface area contributed by atoms with Crippen molar-refractivity contribution in [1.29, 1.82) is 0 Å². The maximum absolute atomic E-state index is 13.0. The van der Waals surface area contributed by atoms with Gasteiger partial charge in [0, 0.05) is 40.3 Å². The molecule has 1 aliphatic heterocycles. The van der Waals surface area contributed by atoms with Crippen molar-refractivity contribution < 1.29 is 18.0 Å². The maximum Gasteiger partial charge on any atom is 0.227 e. The van der Waals surface area contributed by atoms with Gasteiger partial charge < -0.3 is 5.32 Å². The zero-order valence-corrected chi connectivity index (χ0v) is 24.3. The first-order valence-corrected chi connectivity index (χ1v) is 15.1. The molecule has 3 aromatic rings. The van der Waals surface area contributed by atoms with Crippen LogP contribution in [0.4, 0.5) is 5.69 Å². The van der Waals surface area contributed by atoms with E-state index in [0.717, 1.165) is 15.6 Å². The van der Waals surface area contributed by atoms with Crippen molar-refractivity contribution in [2.75, 3.05) is 18.4 Å². The number of nitrogens with zero attached hydrogens (tertiary/aromatic N) is 1. The molecule has 1 fully saturated rings. The zero-order chi connectivity index (χ0) is 27.5. The Bertz CT molecular complexity index is 1420. The Morgan fingerprint density at radius 3 is 2.21 bits per heavy atom. The molecule has 1 aliphatic rings. The Morgan fingerprint density at radius 1 is 0.921 bits per heavy atom. The number of benzene rings is 3. The number of anilines is 1. The number of piperidine rings is 1. The summed E-state index contributed by atoms with van der Waals surface area (Å²) in [5.41, 5.74) is 3.53. The van der Waals surface area contributed by atoms with Crippen LogP contribution in [0.1, 0.15) is 60.7 Å².